The van der Waals surface area contributed by atoms with E-state index in [2.05, 4.69) is 36.5 Å². The first kappa shape index (κ1) is 12.6. The summed E-state index contributed by atoms with van der Waals surface area (Å²) in [5, 5.41) is 13.1. The molecular weight excluding hydrogens is 214 g/mol. The number of aliphatic hydroxyl groups excluding tert-OH is 1. The molecule has 1 aromatic rings. The number of aliphatic hydroxyl groups is 1. The highest BCUT2D eigenvalue weighted by Crippen LogP contribution is 2.17. The van der Waals surface area contributed by atoms with Crippen molar-refractivity contribution in [3.8, 4) is 0 Å². The molecule has 1 unspecified atom stereocenters. The fraction of sp³-hybridized carbons (Fsp3) is 0.571. The molecular formula is C14H21NO2. The molecule has 1 heterocycles. The third kappa shape index (κ3) is 3.28. The van der Waals surface area contributed by atoms with Gasteiger partial charge in [-0.15, -0.1) is 0 Å². The van der Waals surface area contributed by atoms with Gasteiger partial charge in [-0.25, -0.2) is 0 Å². The molecule has 0 aliphatic carbocycles. The highest BCUT2D eigenvalue weighted by molar-refractivity contribution is 5.23. The van der Waals surface area contributed by atoms with Crippen molar-refractivity contribution >= 4 is 0 Å². The monoisotopic (exact) mass is 235 g/mol. The molecule has 1 saturated heterocycles. The van der Waals surface area contributed by atoms with Gasteiger partial charge in [0, 0.05) is 6.61 Å². The Kier molecular flexibility index (Phi) is 4.15. The van der Waals surface area contributed by atoms with Crippen molar-refractivity contribution in [1.82, 2.24) is 5.32 Å². The maximum Gasteiger partial charge on any atom is 0.0691 e. The van der Waals surface area contributed by atoms with E-state index < -0.39 is 0 Å². The van der Waals surface area contributed by atoms with Crippen LogP contribution in [0.3, 0.4) is 0 Å². The number of benzene rings is 1. The standard InChI is InChI=1S/C14H21NO2/c1-12-3-5-13(6-4-12)9-14(10-16)11-17-8-2-7-15-14/h3-6,15-16H,2,7-11H2,1H3. The molecule has 1 fully saturated rings. The maximum atomic E-state index is 9.64. The van der Waals surface area contributed by atoms with Crippen molar-refractivity contribution < 1.29 is 9.84 Å². The van der Waals surface area contributed by atoms with Crippen LogP contribution in [0.5, 0.6) is 0 Å². The van der Waals surface area contributed by atoms with Crippen LogP contribution in [0.25, 0.3) is 0 Å². The van der Waals surface area contributed by atoms with Crippen LogP contribution in [0.4, 0.5) is 0 Å². The first-order chi connectivity index (χ1) is 8.24. The van der Waals surface area contributed by atoms with Gasteiger partial charge in [-0.1, -0.05) is 29.8 Å². The van der Waals surface area contributed by atoms with E-state index >= 15 is 0 Å². The van der Waals surface area contributed by atoms with Crippen molar-refractivity contribution in [2.45, 2.75) is 25.3 Å². The van der Waals surface area contributed by atoms with E-state index in [0.717, 1.165) is 26.0 Å². The number of hydrogen-bond donors (Lipinski definition) is 2. The van der Waals surface area contributed by atoms with Crippen LogP contribution < -0.4 is 5.32 Å². The number of aryl methyl sites for hydroxylation is 1. The molecule has 0 bridgehead atoms. The smallest absolute Gasteiger partial charge is 0.0691 e. The predicted octanol–water partition coefficient (Wildman–Crippen LogP) is 1.28. The molecule has 1 aromatic carbocycles. The molecule has 94 valence electrons. The number of rotatable bonds is 3. The minimum absolute atomic E-state index is 0.112. The lowest BCUT2D eigenvalue weighted by atomic mass is 9.92. The Morgan fingerprint density at radius 2 is 2.12 bits per heavy atom. The predicted molar refractivity (Wildman–Crippen MR) is 68.1 cm³/mol. The highest BCUT2D eigenvalue weighted by Gasteiger charge is 2.30. The minimum atomic E-state index is -0.314. The van der Waals surface area contributed by atoms with E-state index in [1.165, 1.54) is 11.1 Å². The molecule has 1 aliphatic rings. The fourth-order valence-corrected chi connectivity index (χ4v) is 2.21. The van der Waals surface area contributed by atoms with E-state index in [-0.39, 0.29) is 12.1 Å². The maximum absolute atomic E-state index is 9.64. The van der Waals surface area contributed by atoms with Crippen LogP contribution in [0.1, 0.15) is 17.5 Å². The Bertz CT molecular complexity index is 340. The quantitative estimate of drug-likeness (QED) is 0.829. The third-order valence-corrected chi connectivity index (χ3v) is 3.31. The van der Waals surface area contributed by atoms with Gasteiger partial charge in [-0.3, -0.25) is 0 Å². The van der Waals surface area contributed by atoms with Crippen LogP contribution >= 0.6 is 0 Å². The number of hydrogen-bond acceptors (Lipinski definition) is 3. The van der Waals surface area contributed by atoms with Crippen molar-refractivity contribution in [1.29, 1.82) is 0 Å². The van der Waals surface area contributed by atoms with E-state index in [4.69, 9.17) is 4.74 Å². The summed E-state index contributed by atoms with van der Waals surface area (Å²) in [7, 11) is 0. The Balaban J connectivity index is 2.09. The summed E-state index contributed by atoms with van der Waals surface area (Å²) in [5.41, 5.74) is 2.19. The Morgan fingerprint density at radius 3 is 2.82 bits per heavy atom. The van der Waals surface area contributed by atoms with Crippen LogP contribution in [0, 0.1) is 6.92 Å². The fourth-order valence-electron chi connectivity index (χ4n) is 2.21. The summed E-state index contributed by atoms with van der Waals surface area (Å²) in [6.45, 7) is 4.46. The van der Waals surface area contributed by atoms with E-state index in [1.54, 1.807) is 0 Å². The minimum Gasteiger partial charge on any atom is -0.394 e. The largest absolute Gasteiger partial charge is 0.394 e. The summed E-state index contributed by atoms with van der Waals surface area (Å²) in [6, 6.07) is 8.47. The average Bonchev–Trinajstić information content (AvgIpc) is 2.58. The van der Waals surface area contributed by atoms with E-state index in [1.807, 2.05) is 0 Å². The van der Waals surface area contributed by atoms with E-state index in [0.29, 0.717) is 6.61 Å². The second kappa shape index (κ2) is 5.63. The van der Waals surface area contributed by atoms with Gasteiger partial charge < -0.3 is 15.2 Å². The van der Waals surface area contributed by atoms with Gasteiger partial charge in [-0.05, 0) is 31.9 Å². The summed E-state index contributed by atoms with van der Waals surface area (Å²) < 4.78 is 5.57. The zero-order valence-corrected chi connectivity index (χ0v) is 10.4. The lowest BCUT2D eigenvalue weighted by Gasteiger charge is -2.31. The second-order valence-electron chi connectivity index (χ2n) is 4.93. The van der Waals surface area contributed by atoms with Crippen molar-refractivity contribution in [2.75, 3.05) is 26.4 Å². The first-order valence-electron chi connectivity index (χ1n) is 6.23. The first-order valence-corrected chi connectivity index (χ1v) is 6.23. The molecule has 3 nitrogen and oxygen atoms in total. The molecule has 17 heavy (non-hydrogen) atoms. The van der Waals surface area contributed by atoms with Gasteiger partial charge in [0.2, 0.25) is 0 Å². The second-order valence-corrected chi connectivity index (χ2v) is 4.93. The zero-order chi connectivity index (χ0) is 12.1. The molecule has 2 N–H and O–H groups in total. The highest BCUT2D eigenvalue weighted by atomic mass is 16.5. The Hall–Kier alpha value is -0.900. The molecule has 0 amide bonds. The number of nitrogens with one attached hydrogen (secondary N) is 1. The van der Waals surface area contributed by atoms with Gasteiger partial charge in [0.15, 0.2) is 0 Å². The third-order valence-electron chi connectivity index (χ3n) is 3.31. The summed E-state index contributed by atoms with van der Waals surface area (Å²) >= 11 is 0. The average molecular weight is 235 g/mol. The zero-order valence-electron chi connectivity index (χ0n) is 10.4. The number of ether oxygens (including phenoxy) is 1. The molecule has 0 radical (unpaired) electrons. The van der Waals surface area contributed by atoms with Crippen molar-refractivity contribution in [3.63, 3.8) is 0 Å². The van der Waals surface area contributed by atoms with Gasteiger partial charge in [-0.2, -0.15) is 0 Å². The van der Waals surface area contributed by atoms with Crippen molar-refractivity contribution in [2.24, 2.45) is 0 Å². The van der Waals surface area contributed by atoms with Gasteiger partial charge >= 0.3 is 0 Å². The molecule has 2 rings (SSSR count). The molecule has 0 spiro atoms. The van der Waals surface area contributed by atoms with Gasteiger partial charge in [0.1, 0.15) is 0 Å². The molecule has 0 aromatic heterocycles. The lowest BCUT2D eigenvalue weighted by Crippen LogP contribution is -2.53. The van der Waals surface area contributed by atoms with Crippen LogP contribution in [0.2, 0.25) is 0 Å². The molecule has 1 aliphatic heterocycles. The Morgan fingerprint density at radius 1 is 1.35 bits per heavy atom. The lowest BCUT2D eigenvalue weighted by molar-refractivity contribution is 0.0566. The van der Waals surface area contributed by atoms with E-state index in [9.17, 15) is 5.11 Å². The summed E-state index contributed by atoms with van der Waals surface area (Å²) in [5.74, 6) is 0. The molecule has 3 heteroatoms. The molecule has 1 atom stereocenters. The summed E-state index contributed by atoms with van der Waals surface area (Å²) in [6.07, 6.45) is 1.82. The Labute approximate surface area is 103 Å². The normalized spacial score (nSPS) is 25.5. The van der Waals surface area contributed by atoms with Gasteiger partial charge in [0.25, 0.3) is 0 Å². The van der Waals surface area contributed by atoms with Crippen LogP contribution in [0.15, 0.2) is 24.3 Å². The SMILES string of the molecule is Cc1ccc(CC2(CO)COCCCN2)cc1. The molecule has 0 saturated carbocycles. The topological polar surface area (TPSA) is 41.5 Å². The van der Waals surface area contributed by atoms with Crippen LogP contribution in [-0.4, -0.2) is 37.0 Å². The van der Waals surface area contributed by atoms with Gasteiger partial charge in [0.05, 0.1) is 18.8 Å². The van der Waals surface area contributed by atoms with Crippen molar-refractivity contribution in [3.05, 3.63) is 35.4 Å². The van der Waals surface area contributed by atoms with Crippen LogP contribution in [-0.2, 0) is 11.2 Å². The summed E-state index contributed by atoms with van der Waals surface area (Å²) in [4.78, 5) is 0.